The highest BCUT2D eigenvalue weighted by atomic mass is 127. The van der Waals surface area contributed by atoms with E-state index in [1.807, 2.05) is 36.4 Å². The number of halogens is 1. The van der Waals surface area contributed by atoms with E-state index < -0.39 is 5.97 Å². The molecular formula is C20H18INO2. The van der Waals surface area contributed by atoms with Gasteiger partial charge in [-0.15, -0.1) is 0 Å². The summed E-state index contributed by atoms with van der Waals surface area (Å²) >= 11 is 2.21. The van der Waals surface area contributed by atoms with Crippen molar-refractivity contribution in [1.82, 2.24) is 0 Å². The van der Waals surface area contributed by atoms with E-state index in [1.165, 1.54) is 5.56 Å². The molecular weight excluding hydrogens is 413 g/mol. The molecule has 1 aliphatic rings. The van der Waals surface area contributed by atoms with E-state index in [0.717, 1.165) is 14.7 Å². The van der Waals surface area contributed by atoms with Gasteiger partial charge >= 0.3 is 5.97 Å². The molecule has 3 nitrogen and oxygen atoms in total. The Hall–Kier alpha value is -1.95. The highest BCUT2D eigenvalue weighted by molar-refractivity contribution is 14.1. The predicted octanol–water partition coefficient (Wildman–Crippen LogP) is 4.93. The van der Waals surface area contributed by atoms with Crippen molar-refractivity contribution in [3.63, 3.8) is 0 Å². The number of carbonyl (C=O) groups is 1. The number of ether oxygens (including phenoxy) is 1. The zero-order chi connectivity index (χ0) is 17.3. The van der Waals surface area contributed by atoms with Gasteiger partial charge in [-0.2, -0.15) is 0 Å². The van der Waals surface area contributed by atoms with Crippen LogP contribution in [0, 0.1) is 3.57 Å². The summed E-state index contributed by atoms with van der Waals surface area (Å²) in [6.45, 7) is 6.52. The number of hydrogen-bond acceptors (Lipinski definition) is 3. The molecule has 0 aromatic heterocycles. The maximum Gasteiger partial charge on any atom is 0.363 e. The first kappa shape index (κ1) is 16.9. The van der Waals surface area contributed by atoms with Crippen LogP contribution in [0.1, 0.15) is 37.5 Å². The van der Waals surface area contributed by atoms with Crippen LogP contribution < -0.4 is 0 Å². The lowest BCUT2D eigenvalue weighted by atomic mass is 9.87. The first-order valence-electron chi connectivity index (χ1n) is 7.72. The van der Waals surface area contributed by atoms with E-state index >= 15 is 0 Å². The molecule has 0 saturated heterocycles. The summed E-state index contributed by atoms with van der Waals surface area (Å²) in [5, 5.41) is 0. The zero-order valence-corrected chi connectivity index (χ0v) is 16.0. The average Bonchev–Trinajstić information content (AvgIpc) is 2.88. The second-order valence-corrected chi connectivity index (χ2v) is 7.85. The van der Waals surface area contributed by atoms with E-state index in [-0.39, 0.29) is 5.41 Å². The summed E-state index contributed by atoms with van der Waals surface area (Å²) in [6.07, 6.45) is 1.76. The Bertz CT molecular complexity index is 843. The van der Waals surface area contributed by atoms with Gasteiger partial charge in [0, 0.05) is 3.57 Å². The molecule has 0 N–H and O–H groups in total. The fraction of sp³-hybridized carbons (Fsp3) is 0.200. The summed E-state index contributed by atoms with van der Waals surface area (Å²) in [4.78, 5) is 16.5. The van der Waals surface area contributed by atoms with E-state index in [1.54, 1.807) is 6.08 Å². The molecule has 0 amide bonds. The Kier molecular flexibility index (Phi) is 4.58. The van der Waals surface area contributed by atoms with E-state index in [4.69, 9.17) is 4.74 Å². The van der Waals surface area contributed by atoms with Gasteiger partial charge in [0.1, 0.15) is 0 Å². The maximum atomic E-state index is 12.1. The highest BCUT2D eigenvalue weighted by Crippen LogP contribution is 2.25. The second kappa shape index (κ2) is 6.51. The van der Waals surface area contributed by atoms with Crippen LogP contribution in [0.3, 0.4) is 0 Å². The van der Waals surface area contributed by atoms with Gasteiger partial charge in [0.15, 0.2) is 5.70 Å². The van der Waals surface area contributed by atoms with Crippen molar-refractivity contribution in [1.29, 1.82) is 0 Å². The third-order valence-electron chi connectivity index (χ3n) is 3.80. The summed E-state index contributed by atoms with van der Waals surface area (Å²) in [7, 11) is 0. The highest BCUT2D eigenvalue weighted by Gasteiger charge is 2.25. The summed E-state index contributed by atoms with van der Waals surface area (Å²) in [5.41, 5.74) is 3.45. The summed E-state index contributed by atoms with van der Waals surface area (Å²) in [6, 6.07) is 15.9. The van der Waals surface area contributed by atoms with Crippen molar-refractivity contribution in [2.45, 2.75) is 26.2 Å². The Balaban J connectivity index is 1.90. The Morgan fingerprint density at radius 2 is 1.71 bits per heavy atom. The van der Waals surface area contributed by atoms with Gasteiger partial charge < -0.3 is 4.74 Å². The van der Waals surface area contributed by atoms with Crippen molar-refractivity contribution in [3.05, 3.63) is 74.5 Å². The molecule has 0 radical (unpaired) electrons. The lowest BCUT2D eigenvalue weighted by Crippen LogP contribution is -2.10. The van der Waals surface area contributed by atoms with Crippen LogP contribution in [0.25, 0.3) is 6.08 Å². The molecule has 2 aromatic carbocycles. The molecule has 0 unspecified atom stereocenters. The van der Waals surface area contributed by atoms with Gasteiger partial charge in [-0.25, -0.2) is 9.79 Å². The molecule has 0 fully saturated rings. The number of nitrogens with zero attached hydrogens (tertiary/aromatic N) is 1. The first-order valence-corrected chi connectivity index (χ1v) is 8.80. The number of esters is 1. The van der Waals surface area contributed by atoms with E-state index in [9.17, 15) is 4.79 Å². The molecule has 0 spiro atoms. The minimum atomic E-state index is -0.412. The SMILES string of the molecule is CC(C)(C)c1ccc(/C=C2\N=C(c3ccccc3I)OC2=O)cc1. The molecule has 0 aliphatic carbocycles. The van der Waals surface area contributed by atoms with Crippen LogP contribution in [0.2, 0.25) is 0 Å². The molecule has 0 bridgehead atoms. The van der Waals surface area contributed by atoms with Gasteiger partial charge in [-0.3, -0.25) is 0 Å². The maximum absolute atomic E-state index is 12.1. The van der Waals surface area contributed by atoms with Gasteiger partial charge in [-0.05, 0) is 57.3 Å². The molecule has 0 saturated carbocycles. The molecule has 1 aliphatic heterocycles. The molecule has 3 rings (SSSR count). The average molecular weight is 431 g/mol. The van der Waals surface area contributed by atoms with Gasteiger partial charge in [0.2, 0.25) is 5.90 Å². The Morgan fingerprint density at radius 1 is 1.04 bits per heavy atom. The number of benzene rings is 2. The fourth-order valence-corrected chi connectivity index (χ4v) is 3.01. The quantitative estimate of drug-likeness (QED) is 0.384. The minimum Gasteiger partial charge on any atom is -0.402 e. The van der Waals surface area contributed by atoms with Crippen molar-refractivity contribution in [2.75, 3.05) is 0 Å². The molecule has 122 valence electrons. The van der Waals surface area contributed by atoms with Crippen LogP contribution in [0.4, 0.5) is 0 Å². The number of aliphatic imine (C=N–C) groups is 1. The largest absolute Gasteiger partial charge is 0.402 e. The van der Waals surface area contributed by atoms with Gasteiger partial charge in [-0.1, -0.05) is 57.2 Å². The Labute approximate surface area is 155 Å². The second-order valence-electron chi connectivity index (χ2n) is 6.69. The molecule has 1 heterocycles. The normalized spacial score (nSPS) is 16.2. The van der Waals surface area contributed by atoms with Crippen molar-refractivity contribution < 1.29 is 9.53 Å². The topological polar surface area (TPSA) is 38.7 Å². The van der Waals surface area contributed by atoms with Crippen LogP contribution in [-0.4, -0.2) is 11.9 Å². The third-order valence-corrected chi connectivity index (χ3v) is 4.75. The smallest absolute Gasteiger partial charge is 0.363 e. The van der Waals surface area contributed by atoms with Crippen LogP contribution in [-0.2, 0) is 14.9 Å². The number of carbonyl (C=O) groups excluding carboxylic acids is 1. The predicted molar refractivity (Wildman–Crippen MR) is 105 cm³/mol. The molecule has 2 aromatic rings. The van der Waals surface area contributed by atoms with Crippen LogP contribution in [0.15, 0.2) is 59.2 Å². The Morgan fingerprint density at radius 3 is 2.33 bits per heavy atom. The fourth-order valence-electron chi connectivity index (χ4n) is 2.40. The van der Waals surface area contributed by atoms with E-state index in [0.29, 0.717) is 11.6 Å². The van der Waals surface area contributed by atoms with Crippen LogP contribution in [0.5, 0.6) is 0 Å². The third kappa shape index (κ3) is 3.59. The lowest BCUT2D eigenvalue weighted by molar-refractivity contribution is -0.129. The van der Waals surface area contributed by atoms with Crippen molar-refractivity contribution in [2.24, 2.45) is 4.99 Å². The van der Waals surface area contributed by atoms with E-state index in [2.05, 4.69) is 60.5 Å². The zero-order valence-electron chi connectivity index (χ0n) is 13.8. The van der Waals surface area contributed by atoms with Crippen molar-refractivity contribution in [3.8, 4) is 0 Å². The minimum absolute atomic E-state index is 0.104. The molecule has 24 heavy (non-hydrogen) atoms. The standard InChI is InChI=1S/C20H18INO2/c1-20(2,3)14-10-8-13(9-11-14)12-17-19(23)24-18(22-17)15-6-4-5-7-16(15)21/h4-12H,1-3H3/b17-12-. The number of rotatable bonds is 2. The molecule has 4 heteroatoms. The van der Waals surface area contributed by atoms with Gasteiger partial charge in [0.05, 0.1) is 5.56 Å². The first-order chi connectivity index (χ1) is 11.3. The number of hydrogen-bond donors (Lipinski definition) is 0. The van der Waals surface area contributed by atoms with Crippen LogP contribution >= 0.6 is 22.6 Å². The molecule has 0 atom stereocenters. The number of cyclic esters (lactones) is 1. The summed E-state index contributed by atoms with van der Waals surface area (Å²) in [5.74, 6) is -0.0490. The van der Waals surface area contributed by atoms with Crippen molar-refractivity contribution >= 4 is 40.5 Å². The lowest BCUT2D eigenvalue weighted by Gasteiger charge is -2.18. The summed E-state index contributed by atoms with van der Waals surface area (Å²) < 4.78 is 6.33. The van der Waals surface area contributed by atoms with Gasteiger partial charge in [0.25, 0.3) is 0 Å². The monoisotopic (exact) mass is 431 g/mol.